The van der Waals surface area contributed by atoms with Crippen LogP contribution in [0.5, 0.6) is 0 Å². The first-order valence-electron chi connectivity index (χ1n) is 8.63. The second kappa shape index (κ2) is 9.23. The molecule has 0 aliphatic heterocycles. The van der Waals surface area contributed by atoms with Crippen molar-refractivity contribution in [2.24, 2.45) is 0 Å². The number of H-pyrrole nitrogens is 1. The Labute approximate surface area is 154 Å². The zero-order valence-corrected chi connectivity index (χ0v) is 14.5. The molecule has 0 fully saturated rings. The molecule has 0 amide bonds. The van der Waals surface area contributed by atoms with Crippen molar-refractivity contribution < 1.29 is 0 Å². The fourth-order valence-electron chi connectivity index (χ4n) is 2.89. The normalized spacial score (nSPS) is 9.69. The molecule has 0 bridgehead atoms. The molecule has 0 spiro atoms. The molecule has 1 heterocycles. The Balaban J connectivity index is 0.000000236. The molecule has 0 aliphatic rings. The summed E-state index contributed by atoms with van der Waals surface area (Å²) in [5, 5.41) is 0. The Hall–Kier alpha value is -3.33. The van der Waals surface area contributed by atoms with Crippen LogP contribution in [0.1, 0.15) is 0 Å². The van der Waals surface area contributed by atoms with Gasteiger partial charge in [-0.15, -0.1) is 0 Å². The maximum atomic E-state index is 10.2. The van der Waals surface area contributed by atoms with Gasteiger partial charge in [0.15, 0.2) is 0 Å². The van der Waals surface area contributed by atoms with Gasteiger partial charge in [-0.1, -0.05) is 113 Å². The van der Waals surface area contributed by atoms with Gasteiger partial charge in [0.25, 0.3) is 0 Å². The maximum Gasteiger partial charge on any atom is 0.247 e. The third-order valence-electron chi connectivity index (χ3n) is 4.08. The number of benzene rings is 3. The van der Waals surface area contributed by atoms with Gasteiger partial charge < -0.3 is 4.98 Å². The van der Waals surface area contributed by atoms with E-state index in [1.54, 1.807) is 18.3 Å². The maximum absolute atomic E-state index is 10.2. The summed E-state index contributed by atoms with van der Waals surface area (Å²) in [7, 11) is 0. The van der Waals surface area contributed by atoms with Crippen LogP contribution in [-0.2, 0) is 0 Å². The molecule has 0 unspecified atom stereocenters. The summed E-state index contributed by atoms with van der Waals surface area (Å²) < 4.78 is 0. The molecule has 1 aromatic heterocycles. The van der Waals surface area contributed by atoms with Gasteiger partial charge in [-0.05, 0) is 6.07 Å². The van der Waals surface area contributed by atoms with Crippen LogP contribution in [0.2, 0.25) is 0 Å². The van der Waals surface area contributed by atoms with E-state index in [-0.39, 0.29) is 5.56 Å². The van der Waals surface area contributed by atoms with E-state index >= 15 is 0 Å². The smallest absolute Gasteiger partial charge is 0.247 e. The van der Waals surface area contributed by atoms with Crippen LogP contribution in [0.4, 0.5) is 0 Å². The molecular weight excluding hydrogens is 317 g/mol. The molecule has 2 nitrogen and oxygen atoms in total. The highest BCUT2D eigenvalue weighted by molar-refractivity contribution is 6.95. The fraction of sp³-hybridized carbons (Fsp3) is 0. The van der Waals surface area contributed by atoms with Crippen LogP contribution in [0, 0.1) is 0 Å². The number of nitrogens with one attached hydrogen (secondary N) is 1. The Bertz CT molecular complexity index is 842. The summed E-state index contributed by atoms with van der Waals surface area (Å²) in [5.74, 6) is 0. The molecule has 3 heteroatoms. The van der Waals surface area contributed by atoms with Crippen molar-refractivity contribution in [3.8, 4) is 0 Å². The summed E-state index contributed by atoms with van der Waals surface area (Å²) in [6.07, 6.45) is 1.60. The molecule has 4 rings (SSSR count). The van der Waals surface area contributed by atoms with Crippen molar-refractivity contribution in [3.05, 3.63) is 126 Å². The van der Waals surface area contributed by atoms with Crippen molar-refractivity contribution in [2.75, 3.05) is 0 Å². The molecule has 126 valence electrons. The van der Waals surface area contributed by atoms with E-state index < -0.39 is 0 Å². The number of rotatable bonds is 3. The average molecular weight is 337 g/mol. The van der Waals surface area contributed by atoms with Crippen LogP contribution in [0.15, 0.2) is 120 Å². The van der Waals surface area contributed by atoms with E-state index in [0.29, 0.717) is 6.71 Å². The van der Waals surface area contributed by atoms with E-state index in [1.807, 2.05) is 0 Å². The van der Waals surface area contributed by atoms with Crippen molar-refractivity contribution in [1.29, 1.82) is 0 Å². The Kier molecular flexibility index (Phi) is 6.21. The first-order chi connectivity index (χ1) is 12.8. The lowest BCUT2D eigenvalue weighted by Gasteiger charge is -2.15. The van der Waals surface area contributed by atoms with Gasteiger partial charge in [0, 0.05) is 12.3 Å². The molecule has 1 N–H and O–H groups in total. The van der Waals surface area contributed by atoms with Crippen LogP contribution in [-0.4, -0.2) is 11.7 Å². The lowest BCUT2D eigenvalue weighted by molar-refractivity contribution is 1.24. The zero-order valence-electron chi connectivity index (χ0n) is 14.5. The fourth-order valence-corrected chi connectivity index (χ4v) is 2.89. The first kappa shape index (κ1) is 17.5. The van der Waals surface area contributed by atoms with Crippen LogP contribution in [0.25, 0.3) is 0 Å². The second-order valence-electron chi connectivity index (χ2n) is 5.89. The van der Waals surface area contributed by atoms with Gasteiger partial charge in [-0.2, -0.15) is 0 Å². The lowest BCUT2D eigenvalue weighted by Crippen LogP contribution is -2.51. The monoisotopic (exact) mass is 337 g/mol. The minimum absolute atomic E-state index is 0.0532. The van der Waals surface area contributed by atoms with Gasteiger partial charge in [0.1, 0.15) is 0 Å². The summed E-state index contributed by atoms with van der Waals surface area (Å²) >= 11 is 0. The summed E-state index contributed by atoms with van der Waals surface area (Å²) in [5.41, 5.74) is 3.95. The van der Waals surface area contributed by atoms with Crippen molar-refractivity contribution in [3.63, 3.8) is 0 Å². The molecule has 4 aromatic rings. The first-order valence-corrected chi connectivity index (χ1v) is 8.63. The molecule has 3 aromatic carbocycles. The average Bonchev–Trinajstić information content (AvgIpc) is 2.72. The molecular formula is C23H20BNO. The van der Waals surface area contributed by atoms with Crippen LogP contribution in [0.3, 0.4) is 0 Å². The predicted octanol–water partition coefficient (Wildman–Crippen LogP) is 2.58. The largest absolute Gasteiger partial charge is 0.329 e. The third-order valence-corrected chi connectivity index (χ3v) is 4.08. The number of aromatic nitrogens is 1. The zero-order chi connectivity index (χ0) is 18.0. The molecule has 26 heavy (non-hydrogen) atoms. The Morgan fingerprint density at radius 1 is 0.500 bits per heavy atom. The van der Waals surface area contributed by atoms with E-state index in [1.165, 1.54) is 22.5 Å². The second-order valence-corrected chi connectivity index (χ2v) is 5.89. The highest BCUT2D eigenvalue weighted by Gasteiger charge is 2.20. The van der Waals surface area contributed by atoms with E-state index in [0.717, 1.165) is 0 Å². The molecule has 0 aliphatic carbocycles. The molecule has 0 atom stereocenters. The van der Waals surface area contributed by atoms with E-state index in [4.69, 9.17) is 0 Å². The predicted molar refractivity (Wildman–Crippen MR) is 111 cm³/mol. The number of hydrogen-bond acceptors (Lipinski definition) is 1. The van der Waals surface area contributed by atoms with E-state index in [9.17, 15) is 4.79 Å². The van der Waals surface area contributed by atoms with Gasteiger partial charge in [0.05, 0.1) is 0 Å². The van der Waals surface area contributed by atoms with Gasteiger partial charge in [0.2, 0.25) is 12.3 Å². The SMILES string of the molecule is O=c1cccc[nH]1.c1ccc(B(c2ccccc2)c2ccccc2)cc1. The van der Waals surface area contributed by atoms with Crippen LogP contribution >= 0.6 is 0 Å². The molecule has 0 saturated heterocycles. The van der Waals surface area contributed by atoms with Crippen molar-refractivity contribution in [2.45, 2.75) is 0 Å². The summed E-state index contributed by atoms with van der Waals surface area (Å²) in [4.78, 5) is 12.7. The van der Waals surface area contributed by atoms with Crippen molar-refractivity contribution in [1.82, 2.24) is 4.98 Å². The Morgan fingerprint density at radius 2 is 0.885 bits per heavy atom. The summed E-state index contributed by atoms with van der Waals surface area (Å²) in [6, 6.07) is 37.0. The summed E-state index contributed by atoms with van der Waals surface area (Å²) in [6.45, 7) is 0.309. The number of pyridine rings is 1. The minimum Gasteiger partial charge on any atom is -0.329 e. The highest BCUT2D eigenvalue weighted by Crippen LogP contribution is 1.95. The highest BCUT2D eigenvalue weighted by atomic mass is 16.1. The topological polar surface area (TPSA) is 32.9 Å². The molecule has 0 saturated carbocycles. The van der Waals surface area contributed by atoms with E-state index in [2.05, 4.69) is 96.0 Å². The van der Waals surface area contributed by atoms with Crippen molar-refractivity contribution >= 4 is 23.1 Å². The minimum atomic E-state index is -0.0532. The molecule has 0 radical (unpaired) electrons. The van der Waals surface area contributed by atoms with Gasteiger partial charge >= 0.3 is 0 Å². The van der Waals surface area contributed by atoms with Gasteiger partial charge in [-0.25, -0.2) is 0 Å². The third kappa shape index (κ3) is 4.84. The quantitative estimate of drug-likeness (QED) is 0.573. The number of hydrogen-bond donors (Lipinski definition) is 1. The number of aromatic amines is 1. The standard InChI is InChI=1S/C18H15B.C5H5NO/c1-4-10-16(11-5-1)19(17-12-6-2-7-13-17)18-14-8-3-9-15-18;7-5-3-1-2-4-6-5/h1-15H;1-4H,(H,6,7). The Morgan fingerprint density at radius 3 is 1.15 bits per heavy atom. The lowest BCUT2D eigenvalue weighted by atomic mass is 9.37. The van der Waals surface area contributed by atoms with Crippen LogP contribution < -0.4 is 21.9 Å². The van der Waals surface area contributed by atoms with Gasteiger partial charge in [-0.3, -0.25) is 4.79 Å².